The summed E-state index contributed by atoms with van der Waals surface area (Å²) in [4.78, 5) is 4.94. The van der Waals surface area contributed by atoms with Crippen molar-refractivity contribution in [1.82, 2.24) is 22.6 Å². The Morgan fingerprint density at radius 3 is 2.66 bits per heavy atom. The molecular weight excluding hydrogens is 406 g/mol. The Bertz CT molecular complexity index is 1120. The topological polar surface area (TPSA) is 81.0 Å². The Morgan fingerprint density at radius 1 is 1.14 bits per heavy atom. The van der Waals surface area contributed by atoms with Crippen LogP contribution in [-0.4, -0.2) is 44.1 Å². The number of nitrogens with zero attached hydrogens (tertiary/aromatic N) is 5. The third-order valence-electron chi connectivity index (χ3n) is 6.44. The number of rotatable bonds is 5. The van der Waals surface area contributed by atoms with E-state index in [0.29, 0.717) is 36.0 Å². The Labute approximate surface area is 175 Å². The molecule has 0 bridgehead atoms. The molecule has 5 rings (SSSR count). The van der Waals surface area contributed by atoms with Gasteiger partial charge >= 0.3 is 0 Å². The van der Waals surface area contributed by atoms with Gasteiger partial charge in [-0.25, -0.2) is 13.4 Å². The molecule has 7 nitrogen and oxygen atoms in total. The smallest absolute Gasteiger partial charge is 0.245 e. The lowest BCUT2D eigenvalue weighted by molar-refractivity contribution is 0.247. The lowest BCUT2D eigenvalue weighted by Crippen LogP contribution is -2.39. The first-order chi connectivity index (χ1) is 14.0. The lowest BCUT2D eigenvalue weighted by Gasteiger charge is -2.33. The van der Waals surface area contributed by atoms with Crippen LogP contribution in [0.2, 0.25) is 0 Å². The first kappa shape index (κ1) is 19.1. The molecule has 1 saturated carbocycles. The zero-order valence-corrected chi connectivity index (χ0v) is 18.1. The fourth-order valence-electron chi connectivity index (χ4n) is 4.43. The van der Waals surface area contributed by atoms with E-state index in [2.05, 4.69) is 25.2 Å². The maximum Gasteiger partial charge on any atom is 0.245 e. The predicted octanol–water partition coefficient (Wildman–Crippen LogP) is 3.56. The molecule has 1 aliphatic heterocycles. The molecule has 0 spiro atoms. The van der Waals surface area contributed by atoms with Crippen LogP contribution in [0, 0.1) is 12.8 Å². The molecule has 154 valence electrons. The molecule has 3 aromatic rings. The summed E-state index contributed by atoms with van der Waals surface area (Å²) >= 11 is 1.05. The van der Waals surface area contributed by atoms with Crippen LogP contribution in [0.15, 0.2) is 29.3 Å². The maximum atomic E-state index is 13.2. The summed E-state index contributed by atoms with van der Waals surface area (Å²) in [5, 5.41) is 0. The van der Waals surface area contributed by atoms with Crippen molar-refractivity contribution in [2.24, 2.45) is 5.92 Å². The normalized spacial score (nSPS) is 19.6. The molecule has 1 aliphatic carbocycles. The molecule has 0 amide bonds. The second kappa shape index (κ2) is 7.45. The largest absolute Gasteiger partial charge is 0.332 e. The number of imidazole rings is 1. The summed E-state index contributed by atoms with van der Waals surface area (Å²) in [5.41, 5.74) is 2.34. The van der Waals surface area contributed by atoms with Gasteiger partial charge in [-0.05, 0) is 50.7 Å². The minimum atomic E-state index is -3.55. The van der Waals surface area contributed by atoms with Crippen molar-refractivity contribution in [3.63, 3.8) is 0 Å². The lowest BCUT2D eigenvalue weighted by atomic mass is 9.84. The minimum Gasteiger partial charge on any atom is -0.332 e. The highest BCUT2D eigenvalue weighted by atomic mass is 32.2. The number of hydrogen-bond donors (Lipinski definition) is 0. The van der Waals surface area contributed by atoms with E-state index in [1.165, 1.54) is 30.8 Å². The van der Waals surface area contributed by atoms with E-state index in [1.807, 2.05) is 6.20 Å². The molecule has 9 heteroatoms. The Kier molecular flexibility index (Phi) is 4.92. The van der Waals surface area contributed by atoms with Gasteiger partial charge in [-0.3, -0.25) is 0 Å². The summed E-state index contributed by atoms with van der Waals surface area (Å²) in [7, 11) is -3.55. The zero-order valence-electron chi connectivity index (χ0n) is 16.5. The predicted molar refractivity (Wildman–Crippen MR) is 112 cm³/mol. The average molecular weight is 432 g/mol. The van der Waals surface area contributed by atoms with Crippen LogP contribution in [0.3, 0.4) is 0 Å². The van der Waals surface area contributed by atoms with E-state index in [9.17, 15) is 8.42 Å². The van der Waals surface area contributed by atoms with Crippen LogP contribution in [0.5, 0.6) is 0 Å². The van der Waals surface area contributed by atoms with Gasteiger partial charge in [0.2, 0.25) is 10.0 Å². The molecule has 29 heavy (non-hydrogen) atoms. The van der Waals surface area contributed by atoms with E-state index in [1.54, 1.807) is 22.5 Å². The van der Waals surface area contributed by atoms with Gasteiger partial charge in [-0.1, -0.05) is 12.5 Å². The number of sulfonamides is 1. The van der Waals surface area contributed by atoms with Crippen LogP contribution >= 0.6 is 11.7 Å². The first-order valence-electron chi connectivity index (χ1n) is 10.3. The molecule has 2 aromatic heterocycles. The molecule has 0 N–H and O–H groups in total. The van der Waals surface area contributed by atoms with Crippen LogP contribution < -0.4 is 0 Å². The van der Waals surface area contributed by atoms with Gasteiger partial charge < -0.3 is 4.57 Å². The number of benzene rings is 1. The van der Waals surface area contributed by atoms with E-state index in [-0.39, 0.29) is 4.90 Å². The average Bonchev–Trinajstić information content (AvgIpc) is 3.29. The number of fused-ring (bicyclic) bond motifs is 1. The fraction of sp³-hybridized carbons (Fsp3) is 0.550. The van der Waals surface area contributed by atoms with Crippen LogP contribution in [0.4, 0.5) is 0 Å². The molecule has 1 saturated heterocycles. The van der Waals surface area contributed by atoms with Gasteiger partial charge in [0, 0.05) is 37.4 Å². The second-order valence-corrected chi connectivity index (χ2v) is 10.7. The van der Waals surface area contributed by atoms with Gasteiger partial charge in [0.15, 0.2) is 0 Å². The zero-order chi connectivity index (χ0) is 20.0. The summed E-state index contributed by atoms with van der Waals surface area (Å²) < 4.78 is 38.8. The van der Waals surface area contributed by atoms with Crippen molar-refractivity contribution in [3.05, 3.63) is 35.9 Å². The number of hydrogen-bond acceptors (Lipinski definition) is 6. The van der Waals surface area contributed by atoms with Crippen molar-refractivity contribution in [3.8, 4) is 0 Å². The van der Waals surface area contributed by atoms with Gasteiger partial charge in [0.1, 0.15) is 21.8 Å². The highest BCUT2D eigenvalue weighted by molar-refractivity contribution is 7.89. The Morgan fingerprint density at radius 2 is 1.93 bits per heavy atom. The van der Waals surface area contributed by atoms with E-state index in [4.69, 9.17) is 0 Å². The first-order valence-corrected chi connectivity index (χ1v) is 12.4. The van der Waals surface area contributed by atoms with Gasteiger partial charge in [0.05, 0.1) is 11.7 Å². The molecule has 0 atom stereocenters. The maximum absolute atomic E-state index is 13.2. The summed E-state index contributed by atoms with van der Waals surface area (Å²) in [6.07, 6.45) is 7.50. The number of aromatic nitrogens is 4. The van der Waals surface area contributed by atoms with E-state index in [0.717, 1.165) is 31.1 Å². The number of piperidine rings is 1. The van der Waals surface area contributed by atoms with Crippen molar-refractivity contribution >= 4 is 32.8 Å². The highest BCUT2D eigenvalue weighted by Gasteiger charge is 2.32. The van der Waals surface area contributed by atoms with Crippen molar-refractivity contribution in [2.75, 3.05) is 13.1 Å². The molecular formula is C20H25N5O2S2. The molecule has 0 unspecified atom stereocenters. The van der Waals surface area contributed by atoms with Gasteiger partial charge in [-0.2, -0.15) is 13.1 Å². The van der Waals surface area contributed by atoms with Gasteiger partial charge in [-0.15, -0.1) is 0 Å². The third kappa shape index (κ3) is 3.39. The minimum absolute atomic E-state index is 0.278. The van der Waals surface area contributed by atoms with Gasteiger partial charge in [0.25, 0.3) is 0 Å². The monoisotopic (exact) mass is 431 g/mol. The quantitative estimate of drug-likeness (QED) is 0.617. The third-order valence-corrected chi connectivity index (χ3v) is 8.91. The molecule has 2 fully saturated rings. The van der Waals surface area contributed by atoms with Crippen LogP contribution in [0.25, 0.3) is 11.0 Å². The molecule has 2 aliphatic rings. The van der Waals surface area contributed by atoms with Crippen molar-refractivity contribution in [1.29, 1.82) is 0 Å². The molecule has 1 aromatic carbocycles. The van der Waals surface area contributed by atoms with Crippen LogP contribution in [0.1, 0.15) is 49.5 Å². The van der Waals surface area contributed by atoms with E-state index < -0.39 is 10.0 Å². The molecule has 0 radical (unpaired) electrons. The van der Waals surface area contributed by atoms with Crippen LogP contribution in [-0.2, 0) is 16.6 Å². The summed E-state index contributed by atoms with van der Waals surface area (Å²) in [5.74, 6) is 2.31. The summed E-state index contributed by atoms with van der Waals surface area (Å²) in [6.45, 7) is 4.16. The second-order valence-electron chi connectivity index (χ2n) is 8.23. The number of aryl methyl sites for hydroxylation is 1. The fourth-order valence-corrected chi connectivity index (χ4v) is 6.65. The SMILES string of the molecule is Cc1cnc(C2CCC2)n1CC1CCN(S(=O)(=O)c2cccc3nsnc23)CC1. The van der Waals surface area contributed by atoms with Crippen molar-refractivity contribution in [2.45, 2.75) is 56.4 Å². The summed E-state index contributed by atoms with van der Waals surface area (Å²) in [6, 6.07) is 5.19. The Hall–Kier alpha value is -1.84. The van der Waals surface area contributed by atoms with Crippen molar-refractivity contribution < 1.29 is 8.42 Å². The van der Waals surface area contributed by atoms with E-state index >= 15 is 0 Å². The molecule has 3 heterocycles. The highest BCUT2D eigenvalue weighted by Crippen LogP contribution is 2.37. The standard InChI is InChI=1S/C20H25N5O2S2/c1-14-12-21-20(16-4-2-5-16)25(14)13-15-8-10-24(11-9-15)29(26,27)18-7-3-6-17-19(18)23-28-22-17/h3,6-7,12,15-16H,2,4-5,8-11,13H2,1H3. The Balaban J connectivity index is 1.30.